The van der Waals surface area contributed by atoms with Crippen LogP contribution in [0.25, 0.3) is 0 Å². The van der Waals surface area contributed by atoms with Crippen LogP contribution < -0.4 is 0 Å². The molecule has 0 saturated carbocycles. The van der Waals surface area contributed by atoms with Crippen LogP contribution in [-0.2, 0) is 9.84 Å². The van der Waals surface area contributed by atoms with Crippen molar-refractivity contribution in [2.24, 2.45) is 0 Å². The summed E-state index contributed by atoms with van der Waals surface area (Å²) in [7, 11) is -2.81. The van der Waals surface area contributed by atoms with Gasteiger partial charge in [0.1, 0.15) is 3.70 Å². The quantitative estimate of drug-likeness (QED) is 0.728. The fraction of sp³-hybridized carbons (Fsp3) is 0.625. The third-order valence-electron chi connectivity index (χ3n) is 2.44. The van der Waals surface area contributed by atoms with Gasteiger partial charge in [-0.1, -0.05) is 0 Å². The third-order valence-corrected chi connectivity index (χ3v) is 5.25. The first-order valence-corrected chi connectivity index (χ1v) is 7.29. The van der Waals surface area contributed by atoms with Crippen molar-refractivity contribution in [3.8, 4) is 0 Å². The lowest BCUT2D eigenvalue weighted by Crippen LogP contribution is -2.11. The summed E-state index contributed by atoms with van der Waals surface area (Å²) in [5.41, 5.74) is 1.11. The van der Waals surface area contributed by atoms with E-state index in [0.29, 0.717) is 12.2 Å². The average molecular weight is 326 g/mol. The molecule has 1 aromatic heterocycles. The maximum absolute atomic E-state index is 11.3. The van der Waals surface area contributed by atoms with Crippen molar-refractivity contribution in [3.05, 3.63) is 15.5 Å². The van der Waals surface area contributed by atoms with Crippen LogP contribution in [0.5, 0.6) is 0 Å². The molecule has 1 fully saturated rings. The second-order valence-electron chi connectivity index (χ2n) is 3.64. The van der Waals surface area contributed by atoms with Crippen LogP contribution in [0, 0.1) is 10.6 Å². The molecule has 0 bridgehead atoms. The number of nitrogens with zero attached hydrogens (tertiary/aromatic N) is 2. The minimum absolute atomic E-state index is 0.0437. The van der Waals surface area contributed by atoms with Gasteiger partial charge in [0.2, 0.25) is 0 Å². The van der Waals surface area contributed by atoms with Gasteiger partial charge in [-0.2, -0.15) is 5.10 Å². The van der Waals surface area contributed by atoms with Crippen LogP contribution in [0.1, 0.15) is 18.0 Å². The van der Waals surface area contributed by atoms with Gasteiger partial charge in [0.25, 0.3) is 0 Å². The molecular weight excluding hydrogens is 315 g/mol. The molecule has 2 heterocycles. The molecule has 4 nitrogen and oxygen atoms in total. The highest BCUT2D eigenvalue weighted by molar-refractivity contribution is 14.1. The number of aryl methyl sites for hydroxylation is 1. The lowest BCUT2D eigenvalue weighted by Gasteiger charge is -2.06. The number of sulfone groups is 1. The zero-order valence-corrected chi connectivity index (χ0v) is 10.7. The van der Waals surface area contributed by atoms with Crippen LogP contribution in [0.3, 0.4) is 0 Å². The lowest BCUT2D eigenvalue weighted by atomic mass is 10.3. The fourth-order valence-electron chi connectivity index (χ4n) is 1.63. The number of hydrogen-bond acceptors (Lipinski definition) is 3. The highest BCUT2D eigenvalue weighted by Crippen LogP contribution is 2.24. The Labute approximate surface area is 96.7 Å². The molecule has 1 unspecified atom stereocenters. The molecule has 14 heavy (non-hydrogen) atoms. The maximum atomic E-state index is 11.3. The van der Waals surface area contributed by atoms with Crippen molar-refractivity contribution >= 4 is 32.4 Å². The summed E-state index contributed by atoms with van der Waals surface area (Å²) in [6.07, 6.45) is 2.62. The fourth-order valence-corrected chi connectivity index (χ4v) is 3.72. The average Bonchev–Trinajstić information content (AvgIpc) is 2.57. The number of halogens is 1. The largest absolute Gasteiger partial charge is 0.267 e. The third kappa shape index (κ3) is 1.95. The molecule has 0 aromatic carbocycles. The lowest BCUT2D eigenvalue weighted by molar-refractivity contribution is 0.497. The molecule has 0 radical (unpaired) electrons. The number of aromatic nitrogens is 2. The van der Waals surface area contributed by atoms with E-state index in [1.54, 1.807) is 4.68 Å². The summed E-state index contributed by atoms with van der Waals surface area (Å²) in [6.45, 7) is 1.98. The first-order valence-electron chi connectivity index (χ1n) is 4.39. The molecule has 1 aliphatic rings. The standard InChI is InChI=1S/C8H11IN2O2S/c1-6-4-11(10-8(6)9)7-2-3-14(12,13)5-7/h4,7H,2-3,5H2,1H3. The molecule has 0 amide bonds. The zero-order valence-electron chi connectivity index (χ0n) is 7.77. The molecular formula is C8H11IN2O2S. The second kappa shape index (κ2) is 3.48. The van der Waals surface area contributed by atoms with E-state index in [9.17, 15) is 8.42 Å². The molecule has 1 aromatic rings. The first kappa shape index (κ1) is 10.4. The molecule has 1 atom stereocenters. The Morgan fingerprint density at radius 1 is 1.64 bits per heavy atom. The van der Waals surface area contributed by atoms with Gasteiger partial charge < -0.3 is 0 Å². The highest BCUT2D eigenvalue weighted by Gasteiger charge is 2.29. The predicted molar refractivity (Wildman–Crippen MR) is 62.0 cm³/mol. The topological polar surface area (TPSA) is 52.0 Å². The van der Waals surface area contributed by atoms with Crippen molar-refractivity contribution in [3.63, 3.8) is 0 Å². The van der Waals surface area contributed by atoms with Gasteiger partial charge in [-0.15, -0.1) is 0 Å². The number of hydrogen-bond donors (Lipinski definition) is 0. The molecule has 1 saturated heterocycles. The Morgan fingerprint density at radius 2 is 2.36 bits per heavy atom. The van der Waals surface area contributed by atoms with Gasteiger partial charge in [-0.25, -0.2) is 8.42 Å². The van der Waals surface area contributed by atoms with Gasteiger partial charge in [-0.3, -0.25) is 4.68 Å². The monoisotopic (exact) mass is 326 g/mol. The van der Waals surface area contributed by atoms with E-state index in [2.05, 4.69) is 27.7 Å². The summed E-state index contributed by atoms with van der Waals surface area (Å²) in [4.78, 5) is 0. The Kier molecular flexibility index (Phi) is 2.59. The van der Waals surface area contributed by atoms with E-state index in [1.807, 2.05) is 13.1 Å². The van der Waals surface area contributed by atoms with Gasteiger partial charge in [0, 0.05) is 11.8 Å². The second-order valence-corrected chi connectivity index (χ2v) is 6.89. The first-order chi connectivity index (χ1) is 6.48. The van der Waals surface area contributed by atoms with Gasteiger partial charge in [0.15, 0.2) is 9.84 Å². The van der Waals surface area contributed by atoms with Crippen LogP contribution in [0.2, 0.25) is 0 Å². The Balaban J connectivity index is 2.26. The van der Waals surface area contributed by atoms with E-state index in [1.165, 1.54) is 0 Å². The molecule has 1 aliphatic heterocycles. The van der Waals surface area contributed by atoms with Gasteiger partial charge in [-0.05, 0) is 35.9 Å². The summed E-state index contributed by atoms with van der Waals surface area (Å²) in [5.74, 6) is 0.539. The van der Waals surface area contributed by atoms with E-state index in [-0.39, 0.29) is 11.8 Å². The summed E-state index contributed by atoms with van der Waals surface area (Å²) in [6, 6.07) is 0.0437. The van der Waals surface area contributed by atoms with Crippen LogP contribution >= 0.6 is 22.6 Å². The smallest absolute Gasteiger partial charge is 0.152 e. The van der Waals surface area contributed by atoms with Crippen molar-refractivity contribution in [2.75, 3.05) is 11.5 Å². The molecule has 0 spiro atoms. The van der Waals surface area contributed by atoms with Gasteiger partial charge >= 0.3 is 0 Å². The minimum atomic E-state index is -2.81. The minimum Gasteiger partial charge on any atom is -0.267 e. The van der Waals surface area contributed by atoms with Crippen molar-refractivity contribution in [1.82, 2.24) is 9.78 Å². The Bertz CT molecular complexity index is 432. The predicted octanol–water partition coefficient (Wildman–Crippen LogP) is 1.16. The summed E-state index contributed by atoms with van der Waals surface area (Å²) >= 11 is 2.16. The maximum Gasteiger partial charge on any atom is 0.152 e. The van der Waals surface area contributed by atoms with Crippen LogP contribution in [0.4, 0.5) is 0 Å². The van der Waals surface area contributed by atoms with Crippen LogP contribution in [0.15, 0.2) is 6.20 Å². The Morgan fingerprint density at radius 3 is 2.79 bits per heavy atom. The van der Waals surface area contributed by atoms with Crippen molar-refractivity contribution in [1.29, 1.82) is 0 Å². The molecule has 78 valence electrons. The molecule has 6 heteroatoms. The van der Waals surface area contributed by atoms with Crippen LogP contribution in [-0.4, -0.2) is 29.7 Å². The van der Waals surface area contributed by atoms with E-state index >= 15 is 0 Å². The van der Waals surface area contributed by atoms with E-state index in [0.717, 1.165) is 9.26 Å². The zero-order chi connectivity index (χ0) is 10.3. The Hall–Kier alpha value is -0.110. The molecule has 0 N–H and O–H groups in total. The van der Waals surface area contributed by atoms with E-state index < -0.39 is 9.84 Å². The normalized spacial score (nSPS) is 25.4. The van der Waals surface area contributed by atoms with E-state index in [4.69, 9.17) is 0 Å². The van der Waals surface area contributed by atoms with Crippen molar-refractivity contribution < 1.29 is 8.42 Å². The molecule has 0 aliphatic carbocycles. The SMILES string of the molecule is Cc1cn(C2CCS(=O)(=O)C2)nc1I. The molecule has 2 rings (SSSR count). The highest BCUT2D eigenvalue weighted by atomic mass is 127. The summed E-state index contributed by atoms with van der Waals surface area (Å²) < 4.78 is 25.3. The number of rotatable bonds is 1. The summed E-state index contributed by atoms with van der Waals surface area (Å²) in [5, 5.41) is 4.30. The van der Waals surface area contributed by atoms with Crippen molar-refractivity contribution in [2.45, 2.75) is 19.4 Å². The van der Waals surface area contributed by atoms with Gasteiger partial charge in [0.05, 0.1) is 17.5 Å².